The molecule has 0 aliphatic rings. The van der Waals surface area contributed by atoms with Crippen molar-refractivity contribution in [3.8, 4) is 0 Å². The van der Waals surface area contributed by atoms with E-state index >= 15 is 0 Å². The lowest BCUT2D eigenvalue weighted by atomic mass is 10.2. The normalized spacial score (nSPS) is 12.4. The number of nitro benzene ring substituents is 1. The van der Waals surface area contributed by atoms with Crippen LogP contribution in [0.25, 0.3) is 0 Å². The molecule has 0 amide bonds. The van der Waals surface area contributed by atoms with E-state index in [1.807, 2.05) is 4.72 Å². The number of halogens is 3. The third-order valence-electron chi connectivity index (χ3n) is 2.44. The van der Waals surface area contributed by atoms with E-state index < -0.39 is 37.3 Å². The number of nitrogens with one attached hydrogen (secondary N) is 1. The maximum Gasteiger partial charge on any atom is 0.417 e. The zero-order valence-corrected chi connectivity index (χ0v) is 11.4. The summed E-state index contributed by atoms with van der Waals surface area (Å²) >= 11 is 0. The molecule has 1 aromatic carbocycles. The van der Waals surface area contributed by atoms with Crippen molar-refractivity contribution >= 4 is 15.7 Å². The number of benzene rings is 1. The van der Waals surface area contributed by atoms with Crippen molar-refractivity contribution in [2.45, 2.75) is 17.5 Å². The molecule has 11 heteroatoms. The number of nitrogens with two attached hydrogens (primary N) is 1. The molecule has 118 valence electrons. The lowest BCUT2D eigenvalue weighted by Crippen LogP contribution is -2.28. The molecule has 0 spiro atoms. The number of hydrogen-bond donors (Lipinski definition) is 2. The zero-order valence-electron chi connectivity index (χ0n) is 10.6. The maximum absolute atomic E-state index is 12.9. The molecule has 0 atom stereocenters. The SMILES string of the molecule is NCCCNS(=O)(=O)c1ccc([N+](=O)[O-])cc1C(F)(F)F. The van der Waals surface area contributed by atoms with Gasteiger partial charge in [-0.3, -0.25) is 10.1 Å². The van der Waals surface area contributed by atoms with Gasteiger partial charge in [0.05, 0.1) is 15.4 Å². The fourth-order valence-electron chi connectivity index (χ4n) is 1.47. The Morgan fingerprint density at radius 2 is 1.95 bits per heavy atom. The number of rotatable bonds is 6. The Labute approximate surface area is 118 Å². The summed E-state index contributed by atoms with van der Waals surface area (Å²) in [5.41, 5.74) is 2.73. The van der Waals surface area contributed by atoms with E-state index in [-0.39, 0.29) is 25.6 Å². The van der Waals surface area contributed by atoms with Gasteiger partial charge in [-0.2, -0.15) is 13.2 Å². The molecule has 3 N–H and O–H groups in total. The zero-order chi connectivity index (χ0) is 16.3. The first-order chi connectivity index (χ1) is 9.59. The third-order valence-corrected chi connectivity index (χ3v) is 3.96. The average molecular weight is 327 g/mol. The Bertz CT molecular complexity index is 631. The lowest BCUT2D eigenvalue weighted by molar-refractivity contribution is -0.385. The monoisotopic (exact) mass is 327 g/mol. The minimum Gasteiger partial charge on any atom is -0.330 e. The summed E-state index contributed by atoms with van der Waals surface area (Å²) in [6.07, 6.45) is -4.79. The van der Waals surface area contributed by atoms with E-state index in [1.165, 1.54) is 0 Å². The molecule has 0 bridgehead atoms. The first-order valence-electron chi connectivity index (χ1n) is 5.65. The first-order valence-corrected chi connectivity index (χ1v) is 7.13. The molecule has 0 radical (unpaired) electrons. The Balaban J connectivity index is 3.32. The van der Waals surface area contributed by atoms with Crippen LogP contribution in [0.2, 0.25) is 0 Å². The fourth-order valence-corrected chi connectivity index (χ4v) is 2.75. The van der Waals surface area contributed by atoms with Crippen molar-refractivity contribution in [3.05, 3.63) is 33.9 Å². The molecule has 21 heavy (non-hydrogen) atoms. The van der Waals surface area contributed by atoms with Gasteiger partial charge >= 0.3 is 6.18 Å². The number of nitro groups is 1. The largest absolute Gasteiger partial charge is 0.417 e. The maximum atomic E-state index is 12.9. The molecular weight excluding hydrogens is 315 g/mol. The van der Waals surface area contributed by atoms with Crippen molar-refractivity contribution in [1.29, 1.82) is 0 Å². The van der Waals surface area contributed by atoms with Gasteiger partial charge in [-0.15, -0.1) is 0 Å². The van der Waals surface area contributed by atoms with E-state index in [9.17, 15) is 31.7 Å². The summed E-state index contributed by atoms with van der Waals surface area (Å²) in [6.45, 7) is 0.0298. The predicted molar refractivity (Wildman–Crippen MR) is 67.0 cm³/mol. The molecule has 0 saturated heterocycles. The van der Waals surface area contributed by atoms with Crippen LogP contribution in [0.3, 0.4) is 0 Å². The van der Waals surface area contributed by atoms with Crippen LogP contribution < -0.4 is 10.5 Å². The topological polar surface area (TPSA) is 115 Å². The Morgan fingerprint density at radius 3 is 2.43 bits per heavy atom. The standard InChI is InChI=1S/C10H12F3N3O4S/c11-10(12,13)8-6-7(16(17)18)2-3-9(8)21(19,20)15-5-1-4-14/h2-3,6,15H,1,4-5,14H2. The molecule has 0 aromatic heterocycles. The highest BCUT2D eigenvalue weighted by Crippen LogP contribution is 2.36. The van der Waals surface area contributed by atoms with Crippen LogP contribution in [0.5, 0.6) is 0 Å². The van der Waals surface area contributed by atoms with E-state index in [1.54, 1.807) is 0 Å². The number of nitrogens with zero attached hydrogens (tertiary/aromatic N) is 1. The second-order valence-corrected chi connectivity index (χ2v) is 5.71. The number of alkyl halides is 3. The van der Waals surface area contributed by atoms with Gasteiger partial charge in [-0.25, -0.2) is 13.1 Å². The van der Waals surface area contributed by atoms with Crippen LogP contribution in [-0.2, 0) is 16.2 Å². The van der Waals surface area contributed by atoms with Gasteiger partial charge in [-0.05, 0) is 19.0 Å². The number of non-ortho nitro benzene ring substituents is 1. The van der Waals surface area contributed by atoms with Crippen molar-refractivity contribution < 1.29 is 26.5 Å². The van der Waals surface area contributed by atoms with Gasteiger partial charge in [0.2, 0.25) is 10.0 Å². The van der Waals surface area contributed by atoms with Gasteiger partial charge in [0.25, 0.3) is 5.69 Å². The number of sulfonamides is 1. The summed E-state index contributed by atoms with van der Waals surface area (Å²) in [4.78, 5) is 8.42. The Kier molecular flexibility index (Phi) is 5.25. The average Bonchev–Trinajstić information content (AvgIpc) is 2.37. The minimum atomic E-state index is -5.04. The molecule has 1 aromatic rings. The highest BCUT2D eigenvalue weighted by atomic mass is 32.2. The molecule has 1 rings (SSSR count). The molecule has 0 aliphatic heterocycles. The van der Waals surface area contributed by atoms with Gasteiger partial charge in [0, 0.05) is 18.7 Å². The summed E-state index contributed by atoms with van der Waals surface area (Å²) < 4.78 is 64.3. The van der Waals surface area contributed by atoms with Crippen LogP contribution >= 0.6 is 0 Å². The molecule has 0 heterocycles. The molecular formula is C10H12F3N3O4S. The molecule has 0 fully saturated rings. The van der Waals surface area contributed by atoms with E-state index in [0.29, 0.717) is 12.1 Å². The van der Waals surface area contributed by atoms with Crippen molar-refractivity contribution in [3.63, 3.8) is 0 Å². The van der Waals surface area contributed by atoms with Gasteiger partial charge in [-0.1, -0.05) is 0 Å². The van der Waals surface area contributed by atoms with Crippen molar-refractivity contribution in [2.75, 3.05) is 13.1 Å². The predicted octanol–water partition coefficient (Wildman–Crippen LogP) is 1.24. The summed E-state index contributed by atoms with van der Waals surface area (Å²) in [7, 11) is -4.44. The fraction of sp³-hybridized carbons (Fsp3) is 0.400. The highest BCUT2D eigenvalue weighted by molar-refractivity contribution is 7.89. The highest BCUT2D eigenvalue weighted by Gasteiger charge is 2.38. The van der Waals surface area contributed by atoms with E-state index in [0.717, 1.165) is 0 Å². The summed E-state index contributed by atoms with van der Waals surface area (Å²) in [5, 5.41) is 10.5. The third kappa shape index (κ3) is 4.37. The smallest absolute Gasteiger partial charge is 0.330 e. The van der Waals surface area contributed by atoms with Crippen LogP contribution in [0.15, 0.2) is 23.1 Å². The van der Waals surface area contributed by atoms with Crippen molar-refractivity contribution in [2.24, 2.45) is 5.73 Å². The van der Waals surface area contributed by atoms with Crippen LogP contribution in [0.1, 0.15) is 12.0 Å². The molecule has 0 aliphatic carbocycles. The second kappa shape index (κ2) is 6.37. The number of hydrogen-bond acceptors (Lipinski definition) is 5. The van der Waals surface area contributed by atoms with E-state index in [2.05, 4.69) is 0 Å². The molecule has 0 unspecified atom stereocenters. The Hall–Kier alpha value is -1.72. The quantitative estimate of drug-likeness (QED) is 0.463. The summed E-state index contributed by atoms with van der Waals surface area (Å²) in [5.74, 6) is 0. The van der Waals surface area contributed by atoms with Gasteiger partial charge in [0.15, 0.2) is 0 Å². The molecule has 7 nitrogen and oxygen atoms in total. The van der Waals surface area contributed by atoms with Crippen LogP contribution in [0.4, 0.5) is 18.9 Å². The van der Waals surface area contributed by atoms with Crippen LogP contribution in [-0.4, -0.2) is 26.4 Å². The minimum absolute atomic E-state index is 0.132. The van der Waals surface area contributed by atoms with E-state index in [4.69, 9.17) is 5.73 Å². The van der Waals surface area contributed by atoms with Crippen molar-refractivity contribution in [1.82, 2.24) is 4.72 Å². The lowest BCUT2D eigenvalue weighted by Gasteiger charge is -2.13. The van der Waals surface area contributed by atoms with Crippen LogP contribution in [0, 0.1) is 10.1 Å². The second-order valence-electron chi connectivity index (χ2n) is 3.98. The molecule has 0 saturated carbocycles. The van der Waals surface area contributed by atoms with Gasteiger partial charge in [0.1, 0.15) is 0 Å². The first kappa shape index (κ1) is 17.3. The summed E-state index contributed by atoms with van der Waals surface area (Å²) in [6, 6.07) is 1.45. The van der Waals surface area contributed by atoms with Gasteiger partial charge < -0.3 is 5.73 Å². The Morgan fingerprint density at radius 1 is 1.33 bits per heavy atom.